The van der Waals surface area contributed by atoms with Gasteiger partial charge in [-0.1, -0.05) is 11.6 Å². The highest BCUT2D eigenvalue weighted by atomic mass is 35.5. The zero-order valence-corrected chi connectivity index (χ0v) is 14.2. The number of rotatable bonds is 6. The fraction of sp³-hybridized carbons (Fsp3) is 0.545. The molecule has 124 valence electrons. The van der Waals surface area contributed by atoms with Crippen molar-refractivity contribution in [3.05, 3.63) is 17.3 Å². The van der Waals surface area contributed by atoms with Gasteiger partial charge in [0.2, 0.25) is 25.9 Å². The summed E-state index contributed by atoms with van der Waals surface area (Å²) >= 11 is 5.76. The Labute approximate surface area is 134 Å². The van der Waals surface area contributed by atoms with Crippen LogP contribution in [0.4, 0.5) is 0 Å². The van der Waals surface area contributed by atoms with Crippen molar-refractivity contribution < 1.29 is 21.6 Å². The van der Waals surface area contributed by atoms with Gasteiger partial charge in [0, 0.05) is 25.8 Å². The van der Waals surface area contributed by atoms with Crippen LogP contribution in [-0.4, -0.2) is 58.6 Å². The van der Waals surface area contributed by atoms with E-state index in [1.54, 1.807) is 0 Å². The van der Waals surface area contributed by atoms with Crippen molar-refractivity contribution >= 4 is 31.6 Å². The van der Waals surface area contributed by atoms with Gasteiger partial charge in [-0.15, -0.1) is 0 Å². The van der Waals surface area contributed by atoms with E-state index in [9.17, 15) is 16.8 Å². The summed E-state index contributed by atoms with van der Waals surface area (Å²) in [4.78, 5) is 3.60. The Morgan fingerprint density at radius 2 is 2.23 bits per heavy atom. The Balaban J connectivity index is 2.07. The lowest BCUT2D eigenvalue weighted by Gasteiger charge is -2.15. The van der Waals surface area contributed by atoms with Crippen molar-refractivity contribution in [1.82, 2.24) is 14.0 Å². The van der Waals surface area contributed by atoms with Crippen LogP contribution in [-0.2, 0) is 20.0 Å². The number of hydrogen-bond donors (Lipinski definition) is 1. The van der Waals surface area contributed by atoms with Gasteiger partial charge in [0.1, 0.15) is 4.90 Å². The van der Waals surface area contributed by atoms with Crippen LogP contribution >= 0.6 is 11.6 Å². The lowest BCUT2D eigenvalue weighted by Crippen LogP contribution is -2.36. The van der Waals surface area contributed by atoms with Gasteiger partial charge in [-0.25, -0.2) is 30.8 Å². The van der Waals surface area contributed by atoms with Crippen molar-refractivity contribution in [3.63, 3.8) is 0 Å². The average molecular weight is 370 g/mol. The first-order valence-electron chi connectivity index (χ1n) is 6.43. The molecule has 2 heterocycles. The number of ether oxygens (including phenoxy) is 1. The highest BCUT2D eigenvalue weighted by molar-refractivity contribution is 7.89. The Kier molecular flexibility index (Phi) is 5.28. The summed E-state index contributed by atoms with van der Waals surface area (Å²) in [5.41, 5.74) is 0. The van der Waals surface area contributed by atoms with Crippen molar-refractivity contribution in [3.8, 4) is 5.88 Å². The Morgan fingerprint density at radius 3 is 2.82 bits per heavy atom. The summed E-state index contributed by atoms with van der Waals surface area (Å²) in [5, 5.41) is 0.156. The van der Waals surface area contributed by atoms with Gasteiger partial charge in [0.05, 0.1) is 17.9 Å². The Morgan fingerprint density at radius 1 is 1.50 bits per heavy atom. The molecule has 0 spiro atoms. The topological polar surface area (TPSA) is 106 Å². The summed E-state index contributed by atoms with van der Waals surface area (Å²) in [5.74, 6) is 0.0249. The van der Waals surface area contributed by atoms with Crippen LogP contribution in [0.2, 0.25) is 5.02 Å². The zero-order chi connectivity index (χ0) is 16.4. The fourth-order valence-electron chi connectivity index (χ4n) is 2.08. The number of pyridine rings is 1. The molecule has 11 heteroatoms. The fourth-order valence-corrected chi connectivity index (χ4v) is 4.99. The third kappa shape index (κ3) is 3.87. The van der Waals surface area contributed by atoms with Gasteiger partial charge in [0.15, 0.2) is 0 Å². The van der Waals surface area contributed by atoms with Crippen LogP contribution < -0.4 is 9.46 Å². The van der Waals surface area contributed by atoms with Crippen molar-refractivity contribution in [2.75, 3.05) is 32.5 Å². The van der Waals surface area contributed by atoms with Gasteiger partial charge in [0.25, 0.3) is 0 Å². The standard InChI is InChI=1S/C11H16ClN3O5S2/c1-20-11-10(7-9(12)8-13-11)22(18,19)14-3-5-15-4-2-6-21(15,16)17/h7-8,14H,2-6H2,1H3. The molecule has 1 saturated heterocycles. The monoisotopic (exact) mass is 369 g/mol. The van der Waals surface area contributed by atoms with E-state index in [0.29, 0.717) is 13.0 Å². The van der Waals surface area contributed by atoms with E-state index in [1.807, 2.05) is 0 Å². The van der Waals surface area contributed by atoms with Gasteiger partial charge >= 0.3 is 0 Å². The molecule has 1 N–H and O–H groups in total. The first kappa shape index (κ1) is 17.4. The van der Waals surface area contributed by atoms with Crippen LogP contribution in [0.3, 0.4) is 0 Å². The number of halogens is 1. The number of nitrogens with zero attached hydrogens (tertiary/aromatic N) is 2. The second-order valence-corrected chi connectivity index (χ2v) is 8.89. The van der Waals surface area contributed by atoms with E-state index < -0.39 is 20.0 Å². The molecule has 1 aliphatic heterocycles. The van der Waals surface area contributed by atoms with Gasteiger partial charge < -0.3 is 4.74 Å². The molecule has 1 fully saturated rings. The minimum atomic E-state index is -3.90. The summed E-state index contributed by atoms with van der Waals surface area (Å²) in [6.45, 7) is 0.446. The van der Waals surface area contributed by atoms with Crippen molar-refractivity contribution in [2.24, 2.45) is 0 Å². The molecule has 0 unspecified atom stereocenters. The third-order valence-corrected chi connectivity index (χ3v) is 6.74. The van der Waals surface area contributed by atoms with Crippen LogP contribution in [0.5, 0.6) is 5.88 Å². The van der Waals surface area contributed by atoms with Crippen LogP contribution in [0.1, 0.15) is 6.42 Å². The second kappa shape index (κ2) is 6.67. The first-order valence-corrected chi connectivity index (χ1v) is 9.90. The van der Waals surface area contributed by atoms with Crippen molar-refractivity contribution in [1.29, 1.82) is 0 Å². The predicted molar refractivity (Wildman–Crippen MR) is 81.0 cm³/mol. The molecule has 0 saturated carbocycles. The van der Waals surface area contributed by atoms with E-state index in [4.69, 9.17) is 16.3 Å². The van der Waals surface area contributed by atoms with Crippen molar-refractivity contribution in [2.45, 2.75) is 11.3 Å². The third-order valence-electron chi connectivity index (χ3n) is 3.12. The largest absolute Gasteiger partial charge is 0.480 e. The minimum absolute atomic E-state index is 0.0444. The highest BCUT2D eigenvalue weighted by Gasteiger charge is 2.28. The van der Waals surface area contributed by atoms with Gasteiger partial charge in [-0.3, -0.25) is 0 Å². The first-order chi connectivity index (χ1) is 10.3. The zero-order valence-electron chi connectivity index (χ0n) is 11.8. The molecule has 1 aromatic rings. The molecule has 1 aliphatic rings. The molecule has 0 bridgehead atoms. The quantitative estimate of drug-likeness (QED) is 0.760. The second-order valence-electron chi connectivity index (χ2n) is 4.63. The van der Waals surface area contributed by atoms with E-state index in [2.05, 4.69) is 9.71 Å². The Bertz CT molecular complexity index is 751. The SMILES string of the molecule is COc1ncc(Cl)cc1S(=O)(=O)NCCN1CCCS1(=O)=O. The molecule has 0 amide bonds. The Hall–Kier alpha value is -0.940. The smallest absolute Gasteiger partial charge is 0.246 e. The van der Waals surface area contributed by atoms with E-state index >= 15 is 0 Å². The van der Waals surface area contributed by atoms with E-state index in [1.165, 1.54) is 23.7 Å². The molecule has 8 nitrogen and oxygen atoms in total. The molecule has 0 atom stereocenters. The minimum Gasteiger partial charge on any atom is -0.480 e. The predicted octanol–water partition coefficient (Wildman–Crippen LogP) is 0.0574. The summed E-state index contributed by atoms with van der Waals surface area (Å²) in [6.07, 6.45) is 1.83. The normalized spacial score (nSPS) is 18.5. The molecule has 0 aliphatic carbocycles. The number of methoxy groups -OCH3 is 1. The lowest BCUT2D eigenvalue weighted by molar-refractivity contribution is 0.384. The maximum atomic E-state index is 12.2. The van der Waals surface area contributed by atoms with Crippen LogP contribution in [0.25, 0.3) is 0 Å². The molecule has 1 aromatic heterocycles. The molecule has 2 rings (SSSR count). The summed E-state index contributed by atoms with van der Waals surface area (Å²) in [7, 11) is -5.85. The molecule has 22 heavy (non-hydrogen) atoms. The summed E-state index contributed by atoms with van der Waals surface area (Å²) in [6, 6.07) is 1.22. The van der Waals surface area contributed by atoms with Gasteiger partial charge in [-0.05, 0) is 12.5 Å². The maximum absolute atomic E-state index is 12.2. The lowest BCUT2D eigenvalue weighted by atomic mass is 10.5. The number of nitrogens with one attached hydrogen (secondary N) is 1. The van der Waals surface area contributed by atoms with E-state index in [-0.39, 0.29) is 34.6 Å². The molecular weight excluding hydrogens is 354 g/mol. The number of sulfonamides is 2. The van der Waals surface area contributed by atoms with Crippen LogP contribution in [0, 0.1) is 0 Å². The molecule has 0 aromatic carbocycles. The average Bonchev–Trinajstić information content (AvgIpc) is 2.78. The maximum Gasteiger partial charge on any atom is 0.246 e. The number of hydrogen-bond acceptors (Lipinski definition) is 6. The molecular formula is C11H16ClN3O5S2. The van der Waals surface area contributed by atoms with E-state index in [0.717, 1.165) is 0 Å². The summed E-state index contributed by atoms with van der Waals surface area (Å²) < 4.78 is 56.3. The highest BCUT2D eigenvalue weighted by Crippen LogP contribution is 2.24. The number of aromatic nitrogens is 1. The van der Waals surface area contributed by atoms with Crippen LogP contribution in [0.15, 0.2) is 17.2 Å². The molecule has 0 radical (unpaired) electrons. The van der Waals surface area contributed by atoms with Gasteiger partial charge in [-0.2, -0.15) is 0 Å².